The molecule has 0 amide bonds. The van der Waals surface area contributed by atoms with Crippen LogP contribution in [0.4, 0.5) is 0 Å². The van der Waals surface area contributed by atoms with Gasteiger partial charge in [0.05, 0.1) is 23.3 Å². The number of fused-ring (bicyclic) bond motifs is 2. The Bertz CT molecular complexity index is 1120. The molecule has 0 radical (unpaired) electrons. The smallest absolute Gasteiger partial charge is 0.335 e. The number of aromatic carboxylic acids is 1. The molecule has 11 nitrogen and oxygen atoms in total. The summed E-state index contributed by atoms with van der Waals surface area (Å²) in [6, 6.07) is 5.81. The Morgan fingerprint density at radius 3 is 2.34 bits per heavy atom. The van der Waals surface area contributed by atoms with Crippen LogP contribution in [0.5, 0.6) is 11.5 Å². The van der Waals surface area contributed by atoms with Crippen LogP contribution in [0.3, 0.4) is 0 Å². The molecule has 0 bridgehead atoms. The fourth-order valence-electron chi connectivity index (χ4n) is 3.78. The Kier molecular flexibility index (Phi) is 5.44. The zero-order valence-electron chi connectivity index (χ0n) is 16.2. The Morgan fingerprint density at radius 2 is 1.69 bits per heavy atom. The summed E-state index contributed by atoms with van der Waals surface area (Å²) in [5, 5.41) is 58.8. The van der Waals surface area contributed by atoms with Crippen molar-refractivity contribution in [2.75, 3.05) is 6.61 Å². The highest BCUT2D eigenvalue weighted by atomic mass is 16.7. The second-order valence-electron chi connectivity index (χ2n) is 7.38. The standard InChI is InChI=1S/C21H18O11/c22-6-12-16(25)18(27)19(28)21(32-12)31-11-3-1-2-8-14(11)17(26)13-9(15(8)24)4-7(20(29)30)5-10(13)23/h1-5,12,16,18-19,21-23,25,27-28H,6H2,(H,29,30)/t12-,16-,18+,19-,21-/m0/s1. The van der Waals surface area contributed by atoms with Crippen LogP contribution in [-0.4, -0.2) is 85.5 Å². The quantitative estimate of drug-likeness (QED) is 0.289. The third-order valence-electron chi connectivity index (χ3n) is 5.43. The number of carboxylic acids is 1. The third kappa shape index (κ3) is 3.32. The molecule has 1 saturated heterocycles. The number of benzene rings is 2. The van der Waals surface area contributed by atoms with Crippen LogP contribution in [0.25, 0.3) is 0 Å². The SMILES string of the molecule is O=C(O)c1cc(O)c2c(c1)C(=O)c1cccc(O[C@H]3O[C@@H](CO)[C@H](O)[C@@H](O)[C@@H]3O)c1C2=O. The highest BCUT2D eigenvalue weighted by Gasteiger charge is 2.45. The Balaban J connectivity index is 1.76. The van der Waals surface area contributed by atoms with E-state index in [1.807, 2.05) is 0 Å². The van der Waals surface area contributed by atoms with E-state index in [0.717, 1.165) is 12.1 Å². The molecule has 0 unspecified atom stereocenters. The lowest BCUT2D eigenvalue weighted by Crippen LogP contribution is -2.60. The van der Waals surface area contributed by atoms with Gasteiger partial charge in [0.25, 0.3) is 0 Å². The molecule has 0 spiro atoms. The van der Waals surface area contributed by atoms with Gasteiger partial charge in [-0.25, -0.2) is 4.79 Å². The van der Waals surface area contributed by atoms with Gasteiger partial charge in [0.15, 0.2) is 5.78 Å². The van der Waals surface area contributed by atoms with Crippen LogP contribution in [0.2, 0.25) is 0 Å². The first-order valence-corrected chi connectivity index (χ1v) is 9.45. The van der Waals surface area contributed by atoms with Crippen molar-refractivity contribution in [3.8, 4) is 11.5 Å². The van der Waals surface area contributed by atoms with E-state index in [2.05, 4.69) is 0 Å². The number of carboxylic acid groups (broad SMARTS) is 1. The molecule has 6 N–H and O–H groups in total. The highest BCUT2D eigenvalue weighted by Crippen LogP contribution is 2.38. The molecule has 2 aliphatic rings. The summed E-state index contributed by atoms with van der Waals surface area (Å²) in [4.78, 5) is 37.4. The van der Waals surface area contributed by atoms with E-state index in [0.29, 0.717) is 0 Å². The number of aliphatic hydroxyl groups excluding tert-OH is 4. The summed E-state index contributed by atoms with van der Waals surface area (Å²) >= 11 is 0. The van der Waals surface area contributed by atoms with Crippen LogP contribution in [0, 0.1) is 0 Å². The Morgan fingerprint density at radius 1 is 0.969 bits per heavy atom. The first kappa shape index (κ1) is 21.9. The van der Waals surface area contributed by atoms with E-state index < -0.39 is 66.2 Å². The average molecular weight is 446 g/mol. The van der Waals surface area contributed by atoms with Gasteiger partial charge in [0.1, 0.15) is 35.9 Å². The fourth-order valence-corrected chi connectivity index (χ4v) is 3.78. The zero-order valence-corrected chi connectivity index (χ0v) is 16.2. The molecule has 1 heterocycles. The summed E-state index contributed by atoms with van der Waals surface area (Å²) in [6.45, 7) is -0.692. The number of hydrogen-bond acceptors (Lipinski definition) is 10. The van der Waals surface area contributed by atoms with Crippen LogP contribution in [-0.2, 0) is 4.74 Å². The number of carbonyl (C=O) groups is 3. The van der Waals surface area contributed by atoms with Crippen LogP contribution in [0.15, 0.2) is 30.3 Å². The molecule has 0 saturated carbocycles. The first-order chi connectivity index (χ1) is 15.1. The third-order valence-corrected chi connectivity index (χ3v) is 5.43. The average Bonchev–Trinajstić information content (AvgIpc) is 2.77. The molecule has 2 aromatic rings. The van der Waals surface area contributed by atoms with Gasteiger partial charge in [0, 0.05) is 11.1 Å². The second kappa shape index (κ2) is 7.97. The lowest BCUT2D eigenvalue weighted by atomic mass is 9.82. The number of aliphatic hydroxyl groups is 4. The zero-order chi connectivity index (χ0) is 23.3. The van der Waals surface area contributed by atoms with Gasteiger partial charge in [-0.05, 0) is 18.2 Å². The molecule has 1 aliphatic carbocycles. The monoisotopic (exact) mass is 446 g/mol. The lowest BCUT2D eigenvalue weighted by Gasteiger charge is -2.39. The van der Waals surface area contributed by atoms with E-state index in [-0.39, 0.29) is 28.0 Å². The van der Waals surface area contributed by atoms with Crippen molar-refractivity contribution in [1.29, 1.82) is 0 Å². The van der Waals surface area contributed by atoms with Crippen molar-refractivity contribution >= 4 is 17.5 Å². The van der Waals surface area contributed by atoms with E-state index >= 15 is 0 Å². The molecular weight excluding hydrogens is 428 g/mol. The van der Waals surface area contributed by atoms with Crippen molar-refractivity contribution in [1.82, 2.24) is 0 Å². The number of carbonyl (C=O) groups excluding carboxylic acids is 2. The molecule has 1 fully saturated rings. The van der Waals surface area contributed by atoms with Crippen LogP contribution in [0.1, 0.15) is 42.2 Å². The van der Waals surface area contributed by atoms with Crippen molar-refractivity contribution in [3.05, 3.63) is 58.1 Å². The number of phenols is 1. The largest absolute Gasteiger partial charge is 0.507 e. The van der Waals surface area contributed by atoms with Crippen LogP contribution < -0.4 is 4.74 Å². The van der Waals surface area contributed by atoms with Crippen LogP contribution >= 0.6 is 0 Å². The van der Waals surface area contributed by atoms with E-state index in [1.54, 1.807) is 0 Å². The number of phenolic OH excluding ortho intramolecular Hbond substituents is 1. The minimum Gasteiger partial charge on any atom is -0.507 e. The number of aromatic hydroxyl groups is 1. The number of ketones is 2. The van der Waals surface area contributed by atoms with E-state index in [4.69, 9.17) is 9.47 Å². The molecule has 4 rings (SSSR count). The fraction of sp³-hybridized carbons (Fsp3) is 0.286. The molecule has 2 aromatic carbocycles. The van der Waals surface area contributed by atoms with Gasteiger partial charge in [-0.1, -0.05) is 12.1 Å². The van der Waals surface area contributed by atoms with Gasteiger partial charge >= 0.3 is 5.97 Å². The highest BCUT2D eigenvalue weighted by molar-refractivity contribution is 6.30. The molecule has 1 aliphatic heterocycles. The first-order valence-electron chi connectivity index (χ1n) is 9.45. The van der Waals surface area contributed by atoms with Crippen molar-refractivity contribution < 1.29 is 54.5 Å². The lowest BCUT2D eigenvalue weighted by molar-refractivity contribution is -0.277. The van der Waals surface area contributed by atoms with Gasteiger partial charge in [0.2, 0.25) is 12.1 Å². The summed E-state index contributed by atoms with van der Waals surface area (Å²) in [7, 11) is 0. The maximum absolute atomic E-state index is 13.2. The maximum Gasteiger partial charge on any atom is 0.335 e. The summed E-state index contributed by atoms with van der Waals surface area (Å²) in [5.41, 5.74) is -1.46. The summed E-state index contributed by atoms with van der Waals surface area (Å²) < 4.78 is 10.8. The Hall–Kier alpha value is -3.35. The van der Waals surface area contributed by atoms with Gasteiger partial charge < -0.3 is 40.1 Å². The van der Waals surface area contributed by atoms with Crippen molar-refractivity contribution in [3.63, 3.8) is 0 Å². The molecule has 0 aromatic heterocycles. The van der Waals surface area contributed by atoms with E-state index in [1.165, 1.54) is 18.2 Å². The maximum atomic E-state index is 13.2. The predicted octanol–water partition coefficient (Wildman–Crippen LogP) is -0.956. The number of rotatable bonds is 4. The molecule has 5 atom stereocenters. The van der Waals surface area contributed by atoms with Crippen molar-refractivity contribution in [2.45, 2.75) is 30.7 Å². The minimum absolute atomic E-state index is 0.133. The predicted molar refractivity (Wildman–Crippen MR) is 103 cm³/mol. The number of hydrogen-bond donors (Lipinski definition) is 6. The van der Waals surface area contributed by atoms with Gasteiger partial charge in [-0.15, -0.1) is 0 Å². The summed E-state index contributed by atoms with van der Waals surface area (Å²) in [5.74, 6) is -3.88. The minimum atomic E-state index is -1.75. The second-order valence-corrected chi connectivity index (χ2v) is 7.38. The number of ether oxygens (including phenoxy) is 2. The topological polar surface area (TPSA) is 191 Å². The Labute approximate surface area is 179 Å². The molecule has 168 valence electrons. The van der Waals surface area contributed by atoms with Gasteiger partial charge in [-0.2, -0.15) is 0 Å². The van der Waals surface area contributed by atoms with Crippen molar-refractivity contribution in [2.24, 2.45) is 0 Å². The summed E-state index contributed by atoms with van der Waals surface area (Å²) in [6.07, 6.45) is -7.95. The van der Waals surface area contributed by atoms with Gasteiger partial charge in [-0.3, -0.25) is 9.59 Å². The normalized spacial score (nSPS) is 26.9. The molecule has 11 heteroatoms. The van der Waals surface area contributed by atoms with E-state index in [9.17, 15) is 45.0 Å². The molecule has 32 heavy (non-hydrogen) atoms. The molecular formula is C21H18O11.